The number of rotatable bonds is 5. The third-order valence-electron chi connectivity index (χ3n) is 4.83. The number of carbonyl (C=O) groups excluding carboxylic acids is 2. The van der Waals surface area contributed by atoms with Crippen LogP contribution in [0.15, 0.2) is 54.6 Å². The van der Waals surface area contributed by atoms with E-state index in [1.54, 1.807) is 12.1 Å². The van der Waals surface area contributed by atoms with Gasteiger partial charge >= 0.3 is 0 Å². The second-order valence-electron chi connectivity index (χ2n) is 6.65. The van der Waals surface area contributed by atoms with Crippen LogP contribution < -0.4 is 10.2 Å². The first-order chi connectivity index (χ1) is 13.7. The Morgan fingerprint density at radius 3 is 2.68 bits per heavy atom. The van der Waals surface area contributed by atoms with E-state index >= 15 is 0 Å². The molecule has 1 aliphatic heterocycles. The maximum atomic E-state index is 12.6. The summed E-state index contributed by atoms with van der Waals surface area (Å²) in [6.07, 6.45) is 1.28. The van der Waals surface area contributed by atoms with Crippen molar-refractivity contribution in [3.63, 3.8) is 0 Å². The van der Waals surface area contributed by atoms with Crippen molar-refractivity contribution >= 4 is 34.0 Å². The number of hydrogen-bond acceptors (Lipinski definition) is 5. The van der Waals surface area contributed by atoms with Gasteiger partial charge in [0, 0.05) is 30.1 Å². The molecule has 2 aromatic carbocycles. The van der Waals surface area contributed by atoms with Gasteiger partial charge in [-0.1, -0.05) is 54.7 Å². The molecule has 2 heterocycles. The van der Waals surface area contributed by atoms with E-state index in [0.717, 1.165) is 22.7 Å². The van der Waals surface area contributed by atoms with Crippen LogP contribution >= 0.6 is 11.3 Å². The summed E-state index contributed by atoms with van der Waals surface area (Å²) in [5, 5.41) is 12.3. The van der Waals surface area contributed by atoms with Gasteiger partial charge in [0.1, 0.15) is 5.01 Å². The largest absolute Gasteiger partial charge is 0.311 e. The van der Waals surface area contributed by atoms with Gasteiger partial charge in [0.15, 0.2) is 0 Å². The number of aryl methyl sites for hydroxylation is 1. The summed E-state index contributed by atoms with van der Waals surface area (Å²) in [7, 11) is 0. The van der Waals surface area contributed by atoms with Gasteiger partial charge < -0.3 is 4.90 Å². The molecular weight excluding hydrogens is 372 g/mol. The predicted molar refractivity (Wildman–Crippen MR) is 110 cm³/mol. The number of nitrogens with one attached hydrogen (secondary N) is 1. The number of aromatic nitrogens is 2. The zero-order chi connectivity index (χ0) is 19.5. The number of nitrogens with zero attached hydrogens (tertiary/aromatic N) is 3. The molecule has 0 radical (unpaired) electrons. The Labute approximate surface area is 167 Å². The molecule has 0 saturated carbocycles. The fourth-order valence-corrected chi connectivity index (χ4v) is 4.22. The molecule has 1 atom stereocenters. The maximum Gasteiger partial charge on any atom is 0.257 e. The standard InChI is InChI=1S/C21H20N4O2S/c1-2-14-8-6-7-11-17(14)25-13-16(12-18(25)26)20-23-24-21(28-20)22-19(27)15-9-4-3-5-10-15/h3-11,16H,2,12-13H2,1H3,(H,22,24,27)/t16-/m1/s1. The highest BCUT2D eigenvalue weighted by Crippen LogP contribution is 2.35. The lowest BCUT2D eigenvalue weighted by atomic mass is 10.1. The molecule has 7 heteroatoms. The monoisotopic (exact) mass is 392 g/mol. The molecule has 28 heavy (non-hydrogen) atoms. The summed E-state index contributed by atoms with van der Waals surface area (Å²) in [6.45, 7) is 2.67. The topological polar surface area (TPSA) is 75.2 Å². The van der Waals surface area contributed by atoms with Crippen LogP contribution in [-0.2, 0) is 11.2 Å². The minimum atomic E-state index is -0.218. The third kappa shape index (κ3) is 3.66. The van der Waals surface area contributed by atoms with Crippen molar-refractivity contribution in [2.24, 2.45) is 0 Å². The zero-order valence-corrected chi connectivity index (χ0v) is 16.3. The Morgan fingerprint density at radius 1 is 1.14 bits per heavy atom. The lowest BCUT2D eigenvalue weighted by Gasteiger charge is -2.19. The Bertz CT molecular complexity index is 1000. The molecule has 142 valence electrons. The summed E-state index contributed by atoms with van der Waals surface area (Å²) in [5.41, 5.74) is 2.70. The van der Waals surface area contributed by atoms with Gasteiger partial charge in [0.25, 0.3) is 5.91 Å². The van der Waals surface area contributed by atoms with Crippen molar-refractivity contribution in [1.29, 1.82) is 0 Å². The van der Waals surface area contributed by atoms with Crippen molar-refractivity contribution < 1.29 is 9.59 Å². The molecule has 1 aliphatic rings. The van der Waals surface area contributed by atoms with E-state index in [4.69, 9.17) is 0 Å². The van der Waals surface area contributed by atoms with Crippen molar-refractivity contribution in [2.75, 3.05) is 16.8 Å². The van der Waals surface area contributed by atoms with E-state index in [0.29, 0.717) is 23.7 Å². The average Bonchev–Trinajstić information content (AvgIpc) is 3.35. The molecule has 0 unspecified atom stereocenters. The van der Waals surface area contributed by atoms with Crippen LogP contribution in [-0.4, -0.2) is 28.6 Å². The summed E-state index contributed by atoms with van der Waals surface area (Å²) in [6, 6.07) is 17.0. The third-order valence-corrected chi connectivity index (χ3v) is 5.84. The Balaban J connectivity index is 1.47. The van der Waals surface area contributed by atoms with Gasteiger partial charge in [-0.3, -0.25) is 14.9 Å². The lowest BCUT2D eigenvalue weighted by molar-refractivity contribution is -0.117. The highest BCUT2D eigenvalue weighted by atomic mass is 32.1. The number of benzene rings is 2. The Morgan fingerprint density at radius 2 is 1.89 bits per heavy atom. The minimum absolute atomic E-state index is 0.0164. The van der Waals surface area contributed by atoms with Crippen LogP contribution in [0.4, 0.5) is 10.8 Å². The molecule has 1 saturated heterocycles. The van der Waals surface area contributed by atoms with E-state index in [-0.39, 0.29) is 17.7 Å². The summed E-state index contributed by atoms with van der Waals surface area (Å²) in [5.74, 6) is -0.141. The van der Waals surface area contributed by atoms with Gasteiger partial charge in [-0.15, -0.1) is 10.2 Å². The van der Waals surface area contributed by atoms with E-state index in [1.165, 1.54) is 11.3 Å². The molecule has 1 aromatic heterocycles. The number of carbonyl (C=O) groups is 2. The normalized spacial score (nSPS) is 16.4. The van der Waals surface area contributed by atoms with Crippen LogP contribution in [0.25, 0.3) is 0 Å². The second kappa shape index (κ2) is 7.90. The van der Waals surface area contributed by atoms with E-state index < -0.39 is 0 Å². The first kappa shape index (κ1) is 18.3. The Hall–Kier alpha value is -3.06. The van der Waals surface area contributed by atoms with Crippen LogP contribution in [0.5, 0.6) is 0 Å². The zero-order valence-electron chi connectivity index (χ0n) is 15.5. The van der Waals surface area contributed by atoms with Crippen LogP contribution in [0.3, 0.4) is 0 Å². The minimum Gasteiger partial charge on any atom is -0.311 e. The predicted octanol–water partition coefficient (Wildman–Crippen LogP) is 3.87. The summed E-state index contributed by atoms with van der Waals surface area (Å²) >= 11 is 1.33. The highest BCUT2D eigenvalue weighted by Gasteiger charge is 2.34. The number of hydrogen-bond donors (Lipinski definition) is 1. The van der Waals surface area contributed by atoms with Gasteiger partial charge in [-0.25, -0.2) is 0 Å². The molecule has 6 nitrogen and oxygen atoms in total. The second-order valence-corrected chi connectivity index (χ2v) is 7.66. The van der Waals surface area contributed by atoms with Crippen LogP contribution in [0, 0.1) is 0 Å². The van der Waals surface area contributed by atoms with E-state index in [9.17, 15) is 9.59 Å². The van der Waals surface area contributed by atoms with Crippen molar-refractivity contribution in [3.8, 4) is 0 Å². The summed E-state index contributed by atoms with van der Waals surface area (Å²) in [4.78, 5) is 26.7. The van der Waals surface area contributed by atoms with Crippen molar-refractivity contribution in [1.82, 2.24) is 10.2 Å². The van der Waals surface area contributed by atoms with Gasteiger partial charge in [-0.05, 0) is 30.2 Å². The molecule has 2 amide bonds. The lowest BCUT2D eigenvalue weighted by Crippen LogP contribution is -2.25. The highest BCUT2D eigenvalue weighted by molar-refractivity contribution is 7.15. The fourth-order valence-electron chi connectivity index (χ4n) is 3.39. The molecule has 1 fully saturated rings. The molecule has 4 rings (SSSR count). The fraction of sp³-hybridized carbons (Fsp3) is 0.238. The van der Waals surface area contributed by atoms with Gasteiger partial charge in [0.05, 0.1) is 0 Å². The maximum absolute atomic E-state index is 12.6. The summed E-state index contributed by atoms with van der Waals surface area (Å²) < 4.78 is 0. The Kier molecular flexibility index (Phi) is 5.16. The quantitative estimate of drug-likeness (QED) is 0.715. The van der Waals surface area contributed by atoms with E-state index in [1.807, 2.05) is 41.3 Å². The van der Waals surface area contributed by atoms with Crippen LogP contribution in [0.1, 0.15) is 40.2 Å². The molecule has 3 aromatic rings. The SMILES string of the molecule is CCc1ccccc1N1C[C@H](c2nnc(NC(=O)c3ccccc3)s2)CC1=O. The van der Waals surface area contributed by atoms with Gasteiger partial charge in [-0.2, -0.15) is 0 Å². The molecular formula is C21H20N4O2S. The van der Waals surface area contributed by atoms with E-state index in [2.05, 4.69) is 28.5 Å². The van der Waals surface area contributed by atoms with Gasteiger partial charge in [0.2, 0.25) is 11.0 Å². The first-order valence-corrected chi connectivity index (χ1v) is 10.1. The first-order valence-electron chi connectivity index (χ1n) is 9.23. The van der Waals surface area contributed by atoms with Crippen LogP contribution in [0.2, 0.25) is 0 Å². The molecule has 0 spiro atoms. The van der Waals surface area contributed by atoms with Crippen molar-refractivity contribution in [3.05, 3.63) is 70.7 Å². The van der Waals surface area contributed by atoms with Crippen molar-refractivity contribution in [2.45, 2.75) is 25.7 Å². The molecule has 0 aliphatic carbocycles. The number of para-hydroxylation sites is 1. The smallest absolute Gasteiger partial charge is 0.257 e. The average molecular weight is 392 g/mol. The molecule has 1 N–H and O–H groups in total. The number of anilines is 2. The number of amides is 2. The molecule has 0 bridgehead atoms.